The molecule has 5 heteroatoms. The largest absolute Gasteiger partial charge is 0.508 e. The topological polar surface area (TPSA) is 66.6 Å². The fourth-order valence-corrected chi connectivity index (χ4v) is 2.53. The monoisotopic (exact) mass is 348 g/mol. The molecular weight excluding hydrogens is 332 g/mol. The van der Waals surface area contributed by atoms with Crippen LogP contribution >= 0.6 is 15.9 Å². The lowest BCUT2D eigenvalue weighted by molar-refractivity contribution is 0.0989. The predicted octanol–water partition coefficient (Wildman–Crippen LogP) is 3.71. The van der Waals surface area contributed by atoms with Crippen molar-refractivity contribution in [3.05, 3.63) is 52.0 Å². The van der Waals surface area contributed by atoms with E-state index in [9.17, 15) is 9.90 Å². The van der Waals surface area contributed by atoms with Gasteiger partial charge in [0, 0.05) is 22.8 Å². The summed E-state index contributed by atoms with van der Waals surface area (Å²) in [4.78, 5) is 14.4. The zero-order valence-electron chi connectivity index (χ0n) is 11.9. The van der Waals surface area contributed by atoms with E-state index in [1.54, 1.807) is 41.3 Å². The van der Waals surface area contributed by atoms with E-state index in [0.717, 1.165) is 10.0 Å². The molecule has 0 radical (unpaired) electrons. The molecule has 3 N–H and O–H groups in total. The Bertz CT molecular complexity index is 686. The van der Waals surface area contributed by atoms with Crippen molar-refractivity contribution < 1.29 is 9.90 Å². The van der Waals surface area contributed by atoms with Gasteiger partial charge >= 0.3 is 0 Å². The number of phenols is 1. The van der Waals surface area contributed by atoms with Crippen molar-refractivity contribution in [3.63, 3.8) is 0 Å². The van der Waals surface area contributed by atoms with Gasteiger partial charge in [0.25, 0.3) is 5.91 Å². The van der Waals surface area contributed by atoms with Crippen LogP contribution in [0.15, 0.2) is 40.9 Å². The van der Waals surface area contributed by atoms with Crippen molar-refractivity contribution in [2.75, 3.05) is 17.2 Å². The Kier molecular flexibility index (Phi) is 4.53. The summed E-state index contributed by atoms with van der Waals surface area (Å²) in [6.07, 6.45) is 0. The van der Waals surface area contributed by atoms with Crippen molar-refractivity contribution in [2.45, 2.75) is 13.8 Å². The second-order valence-electron chi connectivity index (χ2n) is 4.75. The third-order valence-corrected chi connectivity index (χ3v) is 3.78. The molecule has 0 bridgehead atoms. The molecular formula is C16H17BrN2O2. The third-order valence-electron chi connectivity index (χ3n) is 3.29. The minimum atomic E-state index is -0.190. The maximum absolute atomic E-state index is 12.8. The van der Waals surface area contributed by atoms with E-state index in [1.165, 1.54) is 0 Å². The fraction of sp³-hybridized carbons (Fsp3) is 0.188. The van der Waals surface area contributed by atoms with E-state index in [1.807, 2.05) is 13.8 Å². The molecule has 0 heterocycles. The van der Waals surface area contributed by atoms with Crippen LogP contribution in [-0.2, 0) is 0 Å². The number of halogens is 1. The Balaban J connectivity index is 2.48. The number of amides is 1. The number of phenolic OH excluding ortho intramolecular Hbond substituents is 1. The number of carbonyl (C=O) groups excluding carboxylic acids is 1. The summed E-state index contributed by atoms with van der Waals surface area (Å²) in [5, 5.41) is 9.66. The first-order valence-electron chi connectivity index (χ1n) is 6.60. The third kappa shape index (κ3) is 3.19. The molecule has 4 nitrogen and oxygen atoms in total. The molecule has 110 valence electrons. The van der Waals surface area contributed by atoms with Gasteiger partial charge in [0.05, 0.1) is 11.3 Å². The van der Waals surface area contributed by atoms with E-state index in [4.69, 9.17) is 5.73 Å². The van der Waals surface area contributed by atoms with Crippen molar-refractivity contribution in [2.24, 2.45) is 0 Å². The lowest BCUT2D eigenvalue weighted by atomic mass is 10.1. The highest BCUT2D eigenvalue weighted by molar-refractivity contribution is 9.10. The Hall–Kier alpha value is -2.01. The number of nitrogen functional groups attached to an aromatic ring is 1. The van der Waals surface area contributed by atoms with Crippen molar-refractivity contribution in [1.82, 2.24) is 0 Å². The molecule has 0 unspecified atom stereocenters. The summed E-state index contributed by atoms with van der Waals surface area (Å²) < 4.78 is 0.795. The van der Waals surface area contributed by atoms with E-state index in [-0.39, 0.29) is 11.7 Å². The van der Waals surface area contributed by atoms with Crippen LogP contribution in [0.25, 0.3) is 0 Å². The van der Waals surface area contributed by atoms with Crippen LogP contribution in [0.2, 0.25) is 0 Å². The summed E-state index contributed by atoms with van der Waals surface area (Å²) in [7, 11) is 0. The maximum Gasteiger partial charge on any atom is 0.260 e. The number of aryl methyl sites for hydroxylation is 1. The second-order valence-corrected chi connectivity index (χ2v) is 5.67. The Morgan fingerprint density at radius 3 is 2.67 bits per heavy atom. The van der Waals surface area contributed by atoms with Gasteiger partial charge < -0.3 is 15.7 Å². The summed E-state index contributed by atoms with van der Waals surface area (Å²) in [6.45, 7) is 4.26. The molecule has 0 atom stereocenters. The Morgan fingerprint density at radius 2 is 2.00 bits per heavy atom. The van der Waals surface area contributed by atoms with E-state index >= 15 is 0 Å². The van der Waals surface area contributed by atoms with E-state index < -0.39 is 0 Å². The minimum absolute atomic E-state index is 0.129. The smallest absolute Gasteiger partial charge is 0.260 e. The number of hydrogen-bond donors (Lipinski definition) is 2. The van der Waals surface area contributed by atoms with Gasteiger partial charge in [0.15, 0.2) is 0 Å². The Labute approximate surface area is 132 Å². The van der Waals surface area contributed by atoms with Crippen molar-refractivity contribution in [1.29, 1.82) is 0 Å². The molecule has 0 aliphatic heterocycles. The molecule has 0 saturated heterocycles. The van der Waals surface area contributed by atoms with Gasteiger partial charge in [-0.1, -0.05) is 22.0 Å². The van der Waals surface area contributed by atoms with Gasteiger partial charge in [-0.05, 0) is 43.7 Å². The van der Waals surface area contributed by atoms with Crippen LogP contribution in [0.4, 0.5) is 11.4 Å². The molecule has 2 rings (SSSR count). The summed E-state index contributed by atoms with van der Waals surface area (Å²) in [5.74, 6) is -0.0611. The molecule has 0 aliphatic carbocycles. The van der Waals surface area contributed by atoms with Gasteiger partial charge in [0.2, 0.25) is 0 Å². The lowest BCUT2D eigenvalue weighted by Crippen LogP contribution is -2.31. The second kappa shape index (κ2) is 6.18. The molecule has 0 saturated carbocycles. The molecule has 2 aromatic carbocycles. The zero-order valence-corrected chi connectivity index (χ0v) is 13.5. The summed E-state index contributed by atoms with van der Waals surface area (Å²) in [6, 6.07) is 10.2. The first kappa shape index (κ1) is 15.4. The van der Waals surface area contributed by atoms with Crippen LogP contribution in [-0.4, -0.2) is 17.6 Å². The van der Waals surface area contributed by atoms with Gasteiger partial charge in [-0.2, -0.15) is 0 Å². The van der Waals surface area contributed by atoms with E-state index in [2.05, 4.69) is 15.9 Å². The number of nitrogens with zero attached hydrogens (tertiary/aromatic N) is 1. The number of aromatic hydroxyl groups is 1. The quantitative estimate of drug-likeness (QED) is 0.830. The zero-order chi connectivity index (χ0) is 15.6. The standard InChI is InChI=1S/C16H17BrN2O2/c1-3-19(15-9-12(20)6-4-10(15)2)16(21)13-8-11(17)5-7-14(13)18/h4-9,20H,3,18H2,1-2H3. The molecule has 21 heavy (non-hydrogen) atoms. The fourth-order valence-electron chi connectivity index (χ4n) is 2.17. The number of carbonyl (C=O) groups is 1. The molecule has 0 fully saturated rings. The van der Waals surface area contributed by atoms with E-state index in [0.29, 0.717) is 23.5 Å². The van der Waals surface area contributed by atoms with Gasteiger partial charge in [-0.25, -0.2) is 0 Å². The normalized spacial score (nSPS) is 10.4. The first-order valence-corrected chi connectivity index (χ1v) is 7.40. The van der Waals surface area contributed by atoms with Crippen LogP contribution in [0, 0.1) is 6.92 Å². The van der Waals surface area contributed by atoms with Crippen LogP contribution in [0.1, 0.15) is 22.8 Å². The lowest BCUT2D eigenvalue weighted by Gasteiger charge is -2.24. The summed E-state index contributed by atoms with van der Waals surface area (Å²) in [5.41, 5.74) is 8.38. The first-order chi connectivity index (χ1) is 9.93. The van der Waals surface area contributed by atoms with Gasteiger partial charge in [-0.15, -0.1) is 0 Å². The minimum Gasteiger partial charge on any atom is -0.508 e. The Morgan fingerprint density at radius 1 is 1.29 bits per heavy atom. The van der Waals surface area contributed by atoms with Crippen molar-refractivity contribution in [3.8, 4) is 5.75 Å². The van der Waals surface area contributed by atoms with Crippen LogP contribution < -0.4 is 10.6 Å². The number of benzene rings is 2. The number of nitrogens with two attached hydrogens (primary N) is 1. The van der Waals surface area contributed by atoms with Crippen LogP contribution in [0.5, 0.6) is 5.75 Å². The number of anilines is 2. The van der Waals surface area contributed by atoms with Crippen molar-refractivity contribution >= 4 is 33.2 Å². The molecule has 0 aromatic heterocycles. The molecule has 0 aliphatic rings. The average molecular weight is 349 g/mol. The maximum atomic E-state index is 12.8. The highest BCUT2D eigenvalue weighted by Gasteiger charge is 2.20. The highest BCUT2D eigenvalue weighted by atomic mass is 79.9. The van der Waals surface area contributed by atoms with Gasteiger partial charge in [-0.3, -0.25) is 4.79 Å². The molecule has 2 aromatic rings. The number of hydrogen-bond acceptors (Lipinski definition) is 3. The number of rotatable bonds is 3. The average Bonchev–Trinajstić information content (AvgIpc) is 2.46. The molecule has 0 spiro atoms. The highest BCUT2D eigenvalue weighted by Crippen LogP contribution is 2.28. The SMILES string of the molecule is CCN(C(=O)c1cc(Br)ccc1N)c1cc(O)ccc1C. The molecule has 1 amide bonds. The predicted molar refractivity (Wildman–Crippen MR) is 88.7 cm³/mol. The van der Waals surface area contributed by atoms with Gasteiger partial charge in [0.1, 0.15) is 5.75 Å². The summed E-state index contributed by atoms with van der Waals surface area (Å²) >= 11 is 3.35. The van der Waals surface area contributed by atoms with Crippen LogP contribution in [0.3, 0.4) is 0 Å².